The van der Waals surface area contributed by atoms with Crippen molar-refractivity contribution >= 4 is 29.4 Å². The summed E-state index contributed by atoms with van der Waals surface area (Å²) in [5.74, 6) is -6.96. The molecule has 0 aliphatic carbocycles. The molecule has 0 unspecified atom stereocenters. The number of alkyl halides is 6. The minimum atomic E-state index is -5.08. The Morgan fingerprint density at radius 3 is 2.04 bits per heavy atom. The van der Waals surface area contributed by atoms with Crippen molar-refractivity contribution in [1.29, 1.82) is 0 Å². The monoisotopic (exact) mass is 774 g/mol. The molecule has 0 saturated carbocycles. The van der Waals surface area contributed by atoms with E-state index in [1.165, 1.54) is 6.07 Å². The fourth-order valence-corrected chi connectivity index (χ4v) is 4.63. The SMILES string of the molecule is CCCC[C@@H](C)N(CCNCCc1ccc(O)c2c1OCC(=O)N2)C(=O)CCNCCc1cccc(F)c1F.O=C(O)C(F)(F)F.O=C(O)C(F)(F)F. The molecule has 2 aromatic rings. The van der Waals surface area contributed by atoms with Gasteiger partial charge in [0.1, 0.15) is 11.4 Å². The molecule has 20 heteroatoms. The van der Waals surface area contributed by atoms with Crippen molar-refractivity contribution in [3.63, 3.8) is 0 Å². The largest absolute Gasteiger partial charge is 0.506 e. The second kappa shape index (κ2) is 22.4. The second-order valence-electron chi connectivity index (χ2n) is 11.4. The Hall–Kier alpha value is -4.72. The highest BCUT2D eigenvalue weighted by molar-refractivity contribution is 5.97. The normalized spacial score (nSPS) is 12.8. The van der Waals surface area contributed by atoms with Crippen LogP contribution in [0.5, 0.6) is 11.5 Å². The molecular weight excluding hydrogens is 732 g/mol. The summed E-state index contributed by atoms with van der Waals surface area (Å²) in [6.07, 6.45) is -5.84. The van der Waals surface area contributed by atoms with E-state index in [-0.39, 0.29) is 30.2 Å². The molecule has 0 fully saturated rings. The lowest BCUT2D eigenvalue weighted by atomic mass is 10.1. The number of fused-ring (bicyclic) bond motifs is 1. The maximum absolute atomic E-state index is 13.8. The molecule has 1 atom stereocenters. The van der Waals surface area contributed by atoms with E-state index < -0.39 is 35.9 Å². The van der Waals surface area contributed by atoms with E-state index in [4.69, 9.17) is 24.5 Å². The third-order valence-electron chi connectivity index (χ3n) is 7.36. The molecule has 0 aromatic heterocycles. The predicted molar refractivity (Wildman–Crippen MR) is 174 cm³/mol. The van der Waals surface area contributed by atoms with Gasteiger partial charge in [-0.2, -0.15) is 26.3 Å². The number of nitrogens with one attached hydrogen (secondary N) is 3. The fourth-order valence-electron chi connectivity index (χ4n) is 4.63. The van der Waals surface area contributed by atoms with Crippen molar-refractivity contribution < 1.29 is 74.4 Å². The Balaban J connectivity index is 0.000000845. The van der Waals surface area contributed by atoms with E-state index in [0.29, 0.717) is 69.0 Å². The van der Waals surface area contributed by atoms with Crippen LogP contribution in [-0.4, -0.2) is 102 Å². The number of amides is 2. The van der Waals surface area contributed by atoms with Gasteiger partial charge < -0.3 is 40.9 Å². The molecule has 1 heterocycles. The van der Waals surface area contributed by atoms with Gasteiger partial charge >= 0.3 is 24.3 Å². The standard InChI is InChI=1S/C29H40F2N4O4.2C2HF3O2/c1-3-4-6-20(2)35(26(38)13-16-32-14-11-21-7-5-8-23(30)27(21)31)18-17-33-15-12-22-9-10-24(36)28-29(22)39-19-25(37)34-28;2*3-2(4,5)1(6)7/h5,7-10,20,32-33,36H,3-4,6,11-19H2,1-2H3,(H,34,37);2*(H,6,7)/t20-;;/m1../s1. The van der Waals surface area contributed by atoms with Crippen LogP contribution < -0.4 is 20.7 Å². The van der Waals surface area contributed by atoms with Gasteiger partial charge in [0.05, 0.1) is 0 Å². The minimum absolute atomic E-state index is 0.0272. The Labute approximate surface area is 299 Å². The Kier molecular flexibility index (Phi) is 19.5. The summed E-state index contributed by atoms with van der Waals surface area (Å²) in [5, 5.41) is 33.5. The number of nitrogens with zero attached hydrogens (tertiary/aromatic N) is 1. The van der Waals surface area contributed by atoms with Crippen molar-refractivity contribution in [2.24, 2.45) is 0 Å². The van der Waals surface area contributed by atoms with Gasteiger partial charge in [0, 0.05) is 32.1 Å². The molecular formula is C33H42F8N4O8. The van der Waals surface area contributed by atoms with Crippen LogP contribution in [0.3, 0.4) is 0 Å². The van der Waals surface area contributed by atoms with E-state index in [1.807, 2.05) is 4.90 Å². The molecule has 53 heavy (non-hydrogen) atoms. The molecule has 3 rings (SSSR count). The number of ether oxygens (including phenoxy) is 1. The summed E-state index contributed by atoms with van der Waals surface area (Å²) in [7, 11) is 0. The Morgan fingerprint density at radius 2 is 1.47 bits per heavy atom. The zero-order chi connectivity index (χ0) is 40.4. The van der Waals surface area contributed by atoms with Crippen LogP contribution in [0.25, 0.3) is 0 Å². The van der Waals surface area contributed by atoms with Gasteiger partial charge in [0.2, 0.25) is 5.91 Å². The van der Waals surface area contributed by atoms with E-state index in [2.05, 4.69) is 29.8 Å². The number of hydrogen-bond donors (Lipinski definition) is 6. The van der Waals surface area contributed by atoms with Crippen LogP contribution in [0, 0.1) is 11.6 Å². The highest BCUT2D eigenvalue weighted by Gasteiger charge is 2.39. The number of phenols is 1. The average Bonchev–Trinajstić information content (AvgIpc) is 3.07. The molecule has 0 saturated heterocycles. The number of hydrogen-bond acceptors (Lipinski definition) is 8. The first-order valence-electron chi connectivity index (χ1n) is 16.2. The third kappa shape index (κ3) is 17.1. The van der Waals surface area contributed by atoms with Crippen molar-refractivity contribution in [3.8, 4) is 11.5 Å². The second-order valence-corrected chi connectivity index (χ2v) is 11.4. The number of aliphatic carboxylic acids is 2. The van der Waals surface area contributed by atoms with Crippen LogP contribution >= 0.6 is 0 Å². The predicted octanol–water partition coefficient (Wildman–Crippen LogP) is 5.03. The molecule has 1 aliphatic heterocycles. The summed E-state index contributed by atoms with van der Waals surface area (Å²) >= 11 is 0. The van der Waals surface area contributed by atoms with Gasteiger partial charge in [-0.3, -0.25) is 9.59 Å². The number of halogens is 8. The van der Waals surface area contributed by atoms with Gasteiger partial charge in [-0.05, 0) is 62.5 Å². The molecule has 0 spiro atoms. The lowest BCUT2D eigenvalue weighted by molar-refractivity contribution is -0.193. The minimum Gasteiger partial charge on any atom is -0.506 e. The topological polar surface area (TPSA) is 178 Å². The number of phenolic OH excluding ortho intramolecular Hbond substituents is 1. The summed E-state index contributed by atoms with van der Waals surface area (Å²) in [6.45, 7) is 6.85. The number of aromatic hydroxyl groups is 1. The number of carboxylic acid groups (broad SMARTS) is 2. The molecule has 6 N–H and O–H groups in total. The van der Waals surface area contributed by atoms with Crippen molar-refractivity contribution in [2.75, 3.05) is 44.6 Å². The molecule has 2 aromatic carbocycles. The third-order valence-corrected chi connectivity index (χ3v) is 7.36. The van der Waals surface area contributed by atoms with Crippen molar-refractivity contribution in [1.82, 2.24) is 15.5 Å². The smallest absolute Gasteiger partial charge is 0.490 e. The van der Waals surface area contributed by atoms with Gasteiger partial charge in [-0.25, -0.2) is 18.4 Å². The highest BCUT2D eigenvalue weighted by Crippen LogP contribution is 2.39. The number of rotatable bonds is 16. The van der Waals surface area contributed by atoms with E-state index in [1.54, 1.807) is 18.2 Å². The average molecular weight is 775 g/mol. The number of carbonyl (C=O) groups excluding carboxylic acids is 2. The molecule has 2 amide bonds. The van der Waals surface area contributed by atoms with E-state index in [0.717, 1.165) is 30.9 Å². The summed E-state index contributed by atoms with van der Waals surface area (Å²) in [5.41, 5.74) is 1.50. The number of benzene rings is 2. The zero-order valence-corrected chi connectivity index (χ0v) is 28.8. The molecule has 0 radical (unpaired) electrons. The molecule has 298 valence electrons. The first-order valence-corrected chi connectivity index (χ1v) is 16.2. The maximum Gasteiger partial charge on any atom is 0.490 e. The van der Waals surface area contributed by atoms with Crippen LogP contribution in [0.15, 0.2) is 30.3 Å². The first kappa shape index (κ1) is 46.3. The van der Waals surface area contributed by atoms with Gasteiger partial charge in [0.15, 0.2) is 24.0 Å². The van der Waals surface area contributed by atoms with Gasteiger partial charge in [0.25, 0.3) is 5.91 Å². The van der Waals surface area contributed by atoms with E-state index in [9.17, 15) is 49.8 Å². The summed E-state index contributed by atoms with van der Waals surface area (Å²) < 4.78 is 96.2. The number of unbranched alkanes of at least 4 members (excludes halogenated alkanes) is 1. The summed E-state index contributed by atoms with van der Waals surface area (Å²) in [6, 6.07) is 7.60. The highest BCUT2D eigenvalue weighted by atomic mass is 19.4. The van der Waals surface area contributed by atoms with Gasteiger partial charge in [-0.15, -0.1) is 0 Å². The Morgan fingerprint density at radius 1 is 0.906 bits per heavy atom. The van der Waals surface area contributed by atoms with Crippen LogP contribution in [0.2, 0.25) is 0 Å². The quantitative estimate of drug-likeness (QED) is 0.0771. The summed E-state index contributed by atoms with van der Waals surface area (Å²) in [4.78, 5) is 44.4. The maximum atomic E-state index is 13.8. The Bertz CT molecular complexity index is 1480. The molecule has 1 aliphatic rings. The zero-order valence-electron chi connectivity index (χ0n) is 28.8. The lowest BCUT2D eigenvalue weighted by Gasteiger charge is -2.30. The fraction of sp³-hybridized carbons (Fsp3) is 0.515. The molecule has 12 nitrogen and oxygen atoms in total. The van der Waals surface area contributed by atoms with Crippen LogP contribution in [0.4, 0.5) is 40.8 Å². The number of carbonyl (C=O) groups is 4. The van der Waals surface area contributed by atoms with E-state index >= 15 is 0 Å². The lowest BCUT2D eigenvalue weighted by Crippen LogP contribution is -2.43. The van der Waals surface area contributed by atoms with Crippen molar-refractivity contribution in [2.45, 2.75) is 70.8 Å². The van der Waals surface area contributed by atoms with Crippen molar-refractivity contribution in [3.05, 3.63) is 53.1 Å². The van der Waals surface area contributed by atoms with Crippen LogP contribution in [0.1, 0.15) is 50.7 Å². The number of anilines is 1. The first-order chi connectivity index (χ1) is 24.7. The van der Waals surface area contributed by atoms with Crippen LogP contribution in [-0.2, 0) is 32.0 Å². The molecule has 0 bridgehead atoms. The number of carboxylic acids is 2. The van der Waals surface area contributed by atoms with Gasteiger partial charge in [-0.1, -0.05) is 38.0 Å².